The lowest BCUT2D eigenvalue weighted by atomic mass is 10.1. The summed E-state index contributed by atoms with van der Waals surface area (Å²) in [6.45, 7) is 1.94. The highest BCUT2D eigenvalue weighted by Gasteiger charge is 2.20. The molecule has 5 rings (SSSR count). The van der Waals surface area contributed by atoms with Crippen LogP contribution in [0, 0.1) is 6.92 Å². The van der Waals surface area contributed by atoms with E-state index in [-0.39, 0.29) is 0 Å². The lowest BCUT2D eigenvalue weighted by molar-refractivity contribution is 0.881. The van der Waals surface area contributed by atoms with Crippen LogP contribution in [-0.4, -0.2) is 46.8 Å². The Balaban J connectivity index is 1.68. The maximum Gasteiger partial charge on any atom is 0.206 e. The molecule has 0 saturated carbocycles. The van der Waals surface area contributed by atoms with Gasteiger partial charge < -0.3 is 0 Å². The van der Waals surface area contributed by atoms with Crippen LogP contribution in [-0.2, 0) is 6.42 Å². The van der Waals surface area contributed by atoms with Gasteiger partial charge in [0.2, 0.25) is 5.82 Å². The molecule has 0 fully saturated rings. The zero-order chi connectivity index (χ0) is 18.2. The number of nitrogens with zero attached hydrogens (tertiary/aromatic N) is 8. The molecule has 1 N–H and O–H groups in total. The fourth-order valence-electron chi connectivity index (χ4n) is 2.96. The van der Waals surface area contributed by atoms with Gasteiger partial charge >= 0.3 is 0 Å². The Bertz CT molecular complexity index is 1170. The first kappa shape index (κ1) is 15.4. The van der Waals surface area contributed by atoms with E-state index in [0.717, 1.165) is 33.9 Å². The summed E-state index contributed by atoms with van der Waals surface area (Å²) in [7, 11) is 0. The van der Waals surface area contributed by atoms with Gasteiger partial charge in [-0.2, -0.15) is 5.21 Å². The molecule has 0 saturated heterocycles. The molecule has 0 unspecified atom stereocenters. The van der Waals surface area contributed by atoms with Gasteiger partial charge in [0.25, 0.3) is 0 Å². The normalized spacial score (nSPS) is 12.3. The zero-order valence-corrected chi connectivity index (χ0v) is 14.3. The number of H-pyrrole nitrogens is 1. The minimum atomic E-state index is 0.471. The molecule has 0 radical (unpaired) electrons. The van der Waals surface area contributed by atoms with Crippen molar-refractivity contribution in [1.82, 2.24) is 40.6 Å². The number of pyridine rings is 2. The second-order valence-electron chi connectivity index (χ2n) is 6.07. The Kier molecular flexibility index (Phi) is 3.49. The van der Waals surface area contributed by atoms with E-state index < -0.39 is 0 Å². The number of aromatic nitrogens is 8. The van der Waals surface area contributed by atoms with Crippen molar-refractivity contribution in [2.24, 2.45) is 4.99 Å². The van der Waals surface area contributed by atoms with Crippen LogP contribution in [0.4, 0.5) is 5.69 Å². The lowest BCUT2D eigenvalue weighted by Crippen LogP contribution is -1.99. The summed E-state index contributed by atoms with van der Waals surface area (Å²) in [4.78, 5) is 22.8. The van der Waals surface area contributed by atoms with Gasteiger partial charge in [-0.1, -0.05) is 6.07 Å². The molecule has 0 aliphatic carbocycles. The molecular weight excluding hydrogens is 342 g/mol. The maximum absolute atomic E-state index is 4.76. The number of nitrogens with one attached hydrogen (secondary N) is 1. The molecular formula is C18H13N9. The first-order chi connectivity index (χ1) is 13.3. The molecule has 0 bridgehead atoms. The van der Waals surface area contributed by atoms with E-state index in [4.69, 9.17) is 4.98 Å². The maximum atomic E-state index is 4.76. The van der Waals surface area contributed by atoms with E-state index >= 15 is 0 Å². The average molecular weight is 355 g/mol. The standard InChI is InChI=1S/C18H13N9/c1-10-3-2-4-14(21-10)18-22-13-5-6-20-16(13)15(23-18)11-7-12(9-19-8-11)17-24-26-27-25-17/h2-4,6-9H,5H2,1H3,(H,24,25,26,27). The molecule has 9 nitrogen and oxygen atoms in total. The summed E-state index contributed by atoms with van der Waals surface area (Å²) in [5, 5.41) is 14.1. The van der Waals surface area contributed by atoms with Crippen molar-refractivity contribution in [1.29, 1.82) is 0 Å². The Labute approximate surface area is 153 Å². The smallest absolute Gasteiger partial charge is 0.206 e. The van der Waals surface area contributed by atoms with Crippen molar-refractivity contribution < 1.29 is 0 Å². The van der Waals surface area contributed by atoms with Crippen LogP contribution in [0.5, 0.6) is 0 Å². The minimum Gasteiger partial charge on any atom is -0.263 e. The van der Waals surface area contributed by atoms with E-state index in [0.29, 0.717) is 23.8 Å². The van der Waals surface area contributed by atoms with Crippen molar-refractivity contribution in [3.8, 4) is 34.2 Å². The van der Waals surface area contributed by atoms with Crippen LogP contribution in [0.25, 0.3) is 34.2 Å². The van der Waals surface area contributed by atoms with E-state index in [2.05, 4.69) is 40.6 Å². The molecule has 0 spiro atoms. The van der Waals surface area contributed by atoms with Crippen molar-refractivity contribution in [3.05, 3.63) is 48.0 Å². The third-order valence-electron chi connectivity index (χ3n) is 4.19. The molecule has 1 aliphatic rings. The van der Waals surface area contributed by atoms with E-state index in [1.54, 1.807) is 12.4 Å². The predicted molar refractivity (Wildman–Crippen MR) is 98.3 cm³/mol. The molecule has 0 atom stereocenters. The quantitative estimate of drug-likeness (QED) is 0.599. The molecule has 0 amide bonds. The molecule has 1 aliphatic heterocycles. The Morgan fingerprint density at radius 3 is 2.78 bits per heavy atom. The molecule has 130 valence electrons. The molecule has 9 heteroatoms. The number of fused-ring (bicyclic) bond motifs is 1. The van der Waals surface area contributed by atoms with Crippen molar-refractivity contribution in [2.45, 2.75) is 13.3 Å². The SMILES string of the molecule is Cc1cccc(-c2nc3c(c(-c4cncc(-c5nn[nH]n5)c4)n2)N=CC3)n1. The number of hydrogen-bond donors (Lipinski definition) is 1. The highest BCUT2D eigenvalue weighted by molar-refractivity contribution is 5.85. The van der Waals surface area contributed by atoms with Crippen LogP contribution in [0.1, 0.15) is 11.4 Å². The van der Waals surface area contributed by atoms with Crippen LogP contribution < -0.4 is 0 Å². The van der Waals surface area contributed by atoms with Crippen LogP contribution in [0.2, 0.25) is 0 Å². The number of hydrogen-bond acceptors (Lipinski definition) is 8. The largest absolute Gasteiger partial charge is 0.263 e. The molecule has 27 heavy (non-hydrogen) atoms. The van der Waals surface area contributed by atoms with Gasteiger partial charge in [0, 0.05) is 41.8 Å². The van der Waals surface area contributed by atoms with Gasteiger partial charge in [-0.3, -0.25) is 9.98 Å². The second-order valence-corrected chi connectivity index (χ2v) is 6.07. The van der Waals surface area contributed by atoms with Crippen molar-refractivity contribution >= 4 is 11.9 Å². The van der Waals surface area contributed by atoms with E-state index in [1.807, 2.05) is 37.4 Å². The minimum absolute atomic E-state index is 0.471. The van der Waals surface area contributed by atoms with Crippen LogP contribution in [0.15, 0.2) is 41.7 Å². The number of rotatable bonds is 3. The van der Waals surface area contributed by atoms with Crippen LogP contribution >= 0.6 is 0 Å². The first-order valence-electron chi connectivity index (χ1n) is 8.34. The van der Waals surface area contributed by atoms with Gasteiger partial charge in [-0.25, -0.2) is 15.0 Å². The summed E-state index contributed by atoms with van der Waals surface area (Å²) in [5.74, 6) is 1.04. The molecule has 0 aromatic carbocycles. The van der Waals surface area contributed by atoms with Crippen molar-refractivity contribution in [3.63, 3.8) is 0 Å². The summed E-state index contributed by atoms with van der Waals surface area (Å²) in [6, 6.07) is 7.71. The highest BCUT2D eigenvalue weighted by atomic mass is 15.5. The third-order valence-corrected chi connectivity index (χ3v) is 4.19. The lowest BCUT2D eigenvalue weighted by Gasteiger charge is -2.09. The van der Waals surface area contributed by atoms with Crippen LogP contribution in [0.3, 0.4) is 0 Å². The van der Waals surface area contributed by atoms with E-state index in [9.17, 15) is 0 Å². The van der Waals surface area contributed by atoms with E-state index in [1.165, 1.54) is 0 Å². The average Bonchev–Trinajstić information content (AvgIpc) is 3.39. The summed E-state index contributed by atoms with van der Waals surface area (Å²) in [5.41, 5.74) is 5.55. The summed E-state index contributed by atoms with van der Waals surface area (Å²) >= 11 is 0. The highest BCUT2D eigenvalue weighted by Crippen LogP contribution is 2.36. The topological polar surface area (TPSA) is 118 Å². The molecule has 5 heterocycles. The first-order valence-corrected chi connectivity index (χ1v) is 8.34. The second kappa shape index (κ2) is 6.13. The van der Waals surface area contributed by atoms with Gasteiger partial charge in [0.05, 0.1) is 5.69 Å². The van der Waals surface area contributed by atoms with Gasteiger partial charge in [0.1, 0.15) is 17.1 Å². The number of aryl methyl sites for hydroxylation is 1. The monoisotopic (exact) mass is 355 g/mol. The molecule has 4 aromatic heterocycles. The number of aromatic amines is 1. The predicted octanol–water partition coefficient (Wildman–Crippen LogP) is 2.35. The van der Waals surface area contributed by atoms with Gasteiger partial charge in [-0.15, -0.1) is 10.2 Å². The Morgan fingerprint density at radius 1 is 1.00 bits per heavy atom. The van der Waals surface area contributed by atoms with Gasteiger partial charge in [-0.05, 0) is 30.3 Å². The summed E-state index contributed by atoms with van der Waals surface area (Å²) < 4.78 is 0. The third kappa shape index (κ3) is 2.74. The zero-order valence-electron chi connectivity index (χ0n) is 14.3. The summed E-state index contributed by atoms with van der Waals surface area (Å²) in [6.07, 6.45) is 5.93. The Morgan fingerprint density at radius 2 is 1.93 bits per heavy atom. The Hall–Kier alpha value is -3.88. The molecule has 4 aromatic rings. The van der Waals surface area contributed by atoms with Gasteiger partial charge in [0.15, 0.2) is 5.82 Å². The number of tetrazole rings is 1. The van der Waals surface area contributed by atoms with Crippen molar-refractivity contribution in [2.75, 3.05) is 0 Å². The fraction of sp³-hybridized carbons (Fsp3) is 0.111. The fourth-order valence-corrected chi connectivity index (χ4v) is 2.96. The number of aliphatic imine (C=N–C) groups is 1.